The third-order valence-electron chi connectivity index (χ3n) is 9.65. The van der Waals surface area contributed by atoms with E-state index in [0.717, 1.165) is 81.6 Å². The SMILES string of the molecule is Cc1c(C2CCC(C(=O)C3(N4CCOCC4)CC3)CC2)sc2[nH]c(-c3cc(C)c4ncnn4c3)c(C(C)C)c12. The van der Waals surface area contributed by atoms with Crippen molar-refractivity contribution in [2.45, 2.75) is 83.6 Å². The number of carbonyl (C=O) groups is 1. The summed E-state index contributed by atoms with van der Waals surface area (Å²) >= 11 is 1.94. The molecule has 7 rings (SSSR count). The minimum absolute atomic E-state index is 0.161. The van der Waals surface area contributed by atoms with E-state index in [9.17, 15) is 4.79 Å². The highest BCUT2D eigenvalue weighted by Crippen LogP contribution is 2.50. The van der Waals surface area contributed by atoms with E-state index in [4.69, 9.17) is 4.74 Å². The number of ketones is 1. The van der Waals surface area contributed by atoms with E-state index in [1.54, 1.807) is 6.33 Å². The van der Waals surface area contributed by atoms with Crippen molar-refractivity contribution in [3.8, 4) is 11.3 Å². The fraction of sp³-hybridized carbons (Fsp3) is 0.581. The number of hydrogen-bond donors (Lipinski definition) is 1. The van der Waals surface area contributed by atoms with Gasteiger partial charge in [0.15, 0.2) is 11.4 Å². The van der Waals surface area contributed by atoms with Crippen molar-refractivity contribution in [3.05, 3.63) is 40.2 Å². The number of hydrogen-bond acceptors (Lipinski definition) is 6. The van der Waals surface area contributed by atoms with Gasteiger partial charge in [0, 0.05) is 41.0 Å². The molecule has 4 aromatic rings. The summed E-state index contributed by atoms with van der Waals surface area (Å²) in [6, 6.07) is 2.23. The molecule has 1 N–H and O–H groups in total. The van der Waals surface area contributed by atoms with Crippen molar-refractivity contribution in [3.63, 3.8) is 0 Å². The largest absolute Gasteiger partial charge is 0.379 e. The number of fused-ring (bicyclic) bond motifs is 2. The molecule has 0 aromatic carbocycles. The summed E-state index contributed by atoms with van der Waals surface area (Å²) in [4.78, 5) is 27.1. The molecular weight excluding hydrogens is 506 g/mol. The molecule has 3 aliphatic rings. The Balaban J connectivity index is 1.14. The second-order valence-corrected chi connectivity index (χ2v) is 13.4. The maximum atomic E-state index is 13.7. The zero-order valence-electron chi connectivity index (χ0n) is 23.5. The van der Waals surface area contributed by atoms with Gasteiger partial charge in [0.1, 0.15) is 11.2 Å². The van der Waals surface area contributed by atoms with Crippen LogP contribution in [0.25, 0.3) is 27.1 Å². The van der Waals surface area contributed by atoms with Crippen LogP contribution in [0.1, 0.15) is 85.8 Å². The fourth-order valence-electron chi connectivity index (χ4n) is 7.50. The van der Waals surface area contributed by atoms with E-state index in [0.29, 0.717) is 17.6 Å². The van der Waals surface area contributed by atoms with Crippen molar-refractivity contribution < 1.29 is 9.53 Å². The summed E-state index contributed by atoms with van der Waals surface area (Å²) < 4.78 is 7.44. The van der Waals surface area contributed by atoms with Gasteiger partial charge in [-0.2, -0.15) is 5.10 Å². The van der Waals surface area contributed by atoms with Crippen molar-refractivity contribution >= 4 is 33.0 Å². The third kappa shape index (κ3) is 4.09. The standard InChI is InChI=1S/C31H39N5O2S/c1-18(2)24-25-20(4)27(39-30(25)34-26(24)23-15-19(3)29-32-17-33-36(29)16-23)21-5-7-22(8-6-21)28(37)31(9-10-31)35-11-13-38-14-12-35/h15-18,21-22,34H,5-14H2,1-4H3. The smallest absolute Gasteiger partial charge is 0.158 e. The zero-order chi connectivity index (χ0) is 26.9. The second-order valence-electron chi connectivity index (χ2n) is 12.3. The number of morpholine rings is 1. The van der Waals surface area contributed by atoms with Gasteiger partial charge < -0.3 is 9.72 Å². The van der Waals surface area contributed by atoms with Crippen LogP contribution >= 0.6 is 11.3 Å². The maximum Gasteiger partial charge on any atom is 0.158 e. The molecule has 206 valence electrons. The molecule has 0 radical (unpaired) electrons. The van der Waals surface area contributed by atoms with Crippen molar-refractivity contribution in [2.24, 2.45) is 5.92 Å². The van der Waals surface area contributed by atoms with Gasteiger partial charge in [0.2, 0.25) is 0 Å². The first-order valence-corrected chi connectivity index (χ1v) is 15.5. The highest BCUT2D eigenvalue weighted by molar-refractivity contribution is 7.19. The van der Waals surface area contributed by atoms with Crippen LogP contribution in [-0.2, 0) is 9.53 Å². The summed E-state index contributed by atoms with van der Waals surface area (Å²) in [7, 11) is 0. The van der Waals surface area contributed by atoms with E-state index in [1.165, 1.54) is 31.9 Å². The number of nitrogens with one attached hydrogen (secondary N) is 1. The molecule has 7 nitrogen and oxygen atoms in total. The van der Waals surface area contributed by atoms with Crippen LogP contribution in [0.2, 0.25) is 0 Å². The summed E-state index contributed by atoms with van der Waals surface area (Å²) in [5.41, 5.74) is 7.06. The Kier molecular flexibility index (Phi) is 6.21. The van der Waals surface area contributed by atoms with E-state index in [-0.39, 0.29) is 11.5 Å². The van der Waals surface area contributed by atoms with E-state index < -0.39 is 0 Å². The lowest BCUT2D eigenvalue weighted by atomic mass is 9.76. The van der Waals surface area contributed by atoms with Gasteiger partial charge in [0.25, 0.3) is 0 Å². The number of rotatable bonds is 6. The predicted octanol–water partition coefficient (Wildman–Crippen LogP) is 6.39. The normalized spacial score (nSPS) is 23.7. The number of aromatic amines is 1. The molecule has 0 unspecified atom stereocenters. The number of pyridine rings is 1. The highest BCUT2D eigenvalue weighted by atomic mass is 32.1. The number of carbonyl (C=O) groups excluding carboxylic acids is 1. The minimum atomic E-state index is -0.161. The third-order valence-corrected chi connectivity index (χ3v) is 11.0. The van der Waals surface area contributed by atoms with Crippen LogP contribution in [0.3, 0.4) is 0 Å². The van der Waals surface area contributed by atoms with Crippen LogP contribution in [0.4, 0.5) is 0 Å². The number of aromatic nitrogens is 4. The summed E-state index contributed by atoms with van der Waals surface area (Å²) in [6.45, 7) is 12.4. The van der Waals surface area contributed by atoms with Gasteiger partial charge >= 0.3 is 0 Å². The molecule has 1 saturated heterocycles. The van der Waals surface area contributed by atoms with Gasteiger partial charge in [-0.15, -0.1) is 11.3 Å². The monoisotopic (exact) mass is 545 g/mol. The average molecular weight is 546 g/mol. The minimum Gasteiger partial charge on any atom is -0.379 e. The Morgan fingerprint density at radius 2 is 1.90 bits per heavy atom. The van der Waals surface area contributed by atoms with Gasteiger partial charge in [-0.05, 0) is 87.0 Å². The van der Waals surface area contributed by atoms with Gasteiger partial charge in [-0.25, -0.2) is 9.50 Å². The first kappa shape index (κ1) is 25.4. The molecule has 3 fully saturated rings. The summed E-state index contributed by atoms with van der Waals surface area (Å²) in [5, 5.41) is 5.80. The number of Topliss-reactive ketones (excluding diaryl/α,β-unsaturated/α-hetero) is 1. The number of aryl methyl sites for hydroxylation is 2. The summed E-state index contributed by atoms with van der Waals surface area (Å²) in [5.74, 6) is 1.70. The maximum absolute atomic E-state index is 13.7. The van der Waals surface area contributed by atoms with E-state index >= 15 is 0 Å². The molecule has 4 aromatic heterocycles. The lowest BCUT2D eigenvalue weighted by Gasteiger charge is -2.37. The Morgan fingerprint density at radius 1 is 1.15 bits per heavy atom. The first-order valence-electron chi connectivity index (χ1n) is 14.7. The molecule has 0 spiro atoms. The number of thiophene rings is 1. The van der Waals surface area contributed by atoms with Gasteiger partial charge in [-0.1, -0.05) is 13.8 Å². The summed E-state index contributed by atoms with van der Waals surface area (Å²) in [6.07, 6.45) is 10.1. The van der Waals surface area contributed by atoms with Crippen LogP contribution < -0.4 is 0 Å². The first-order chi connectivity index (χ1) is 18.9. The van der Waals surface area contributed by atoms with Crippen LogP contribution in [0.5, 0.6) is 0 Å². The van der Waals surface area contributed by atoms with Crippen molar-refractivity contribution in [2.75, 3.05) is 26.3 Å². The van der Waals surface area contributed by atoms with E-state index in [2.05, 4.69) is 59.9 Å². The fourth-order valence-corrected chi connectivity index (χ4v) is 8.90. The molecule has 0 amide bonds. The molecular formula is C31H39N5O2S. The topological polar surface area (TPSA) is 75.5 Å². The second kappa shape index (κ2) is 9.53. The average Bonchev–Trinajstić information content (AvgIpc) is 3.29. The van der Waals surface area contributed by atoms with Gasteiger partial charge in [0.05, 0.1) is 24.4 Å². The molecule has 0 bridgehead atoms. The van der Waals surface area contributed by atoms with Crippen LogP contribution in [0.15, 0.2) is 18.6 Å². The lowest BCUT2D eigenvalue weighted by molar-refractivity contribution is -0.133. The molecule has 2 aliphatic carbocycles. The molecule has 39 heavy (non-hydrogen) atoms. The van der Waals surface area contributed by atoms with Gasteiger partial charge in [-0.3, -0.25) is 9.69 Å². The predicted molar refractivity (Wildman–Crippen MR) is 156 cm³/mol. The Morgan fingerprint density at radius 3 is 2.59 bits per heavy atom. The van der Waals surface area contributed by atoms with Crippen LogP contribution in [-0.4, -0.2) is 62.1 Å². The Hall–Kier alpha value is -2.55. The molecule has 5 heterocycles. The molecule has 1 aliphatic heterocycles. The van der Waals surface area contributed by atoms with Crippen molar-refractivity contribution in [1.29, 1.82) is 0 Å². The lowest BCUT2D eigenvalue weighted by Crippen LogP contribution is -2.51. The highest BCUT2D eigenvalue weighted by Gasteiger charge is 2.56. The zero-order valence-corrected chi connectivity index (χ0v) is 24.4. The quantitative estimate of drug-likeness (QED) is 0.304. The number of H-pyrrole nitrogens is 1. The molecule has 8 heteroatoms. The molecule has 2 saturated carbocycles. The Bertz CT molecular complexity index is 1540. The number of ether oxygens (including phenoxy) is 1. The molecule has 0 atom stereocenters. The van der Waals surface area contributed by atoms with E-state index in [1.807, 2.05) is 15.9 Å². The van der Waals surface area contributed by atoms with Crippen molar-refractivity contribution in [1.82, 2.24) is 24.5 Å². The van der Waals surface area contributed by atoms with Crippen LogP contribution in [0, 0.1) is 19.8 Å². The number of nitrogens with zero attached hydrogens (tertiary/aromatic N) is 4. The Labute approximate surface area is 233 Å².